The topological polar surface area (TPSA) is 102 Å². The number of amides is 1. The molecule has 0 aliphatic heterocycles. The summed E-state index contributed by atoms with van der Waals surface area (Å²) in [5.41, 5.74) is 2.21. The number of methoxy groups -OCH3 is 1. The molecule has 0 aromatic heterocycles. The molecule has 0 bridgehead atoms. The summed E-state index contributed by atoms with van der Waals surface area (Å²) in [7, 11) is -2.21. The molecule has 0 aliphatic carbocycles. The predicted molar refractivity (Wildman–Crippen MR) is 126 cm³/mol. The standard InChI is InChI=1S/C25H26N2O5S/c1-18(28)19-10-14-23(15-11-19)33(30,31)26-17-16-24(29)27-25(20-6-4-3-5-7-20)21-8-12-22(32-2)13-9-21/h3-15,25-26H,16-17H2,1-2H3,(H,27,29)/t25-/m0/s1. The maximum absolute atomic E-state index is 12.7. The molecule has 0 saturated heterocycles. The third kappa shape index (κ3) is 6.50. The van der Waals surface area contributed by atoms with Crippen LogP contribution in [0.5, 0.6) is 5.75 Å². The first-order valence-corrected chi connectivity index (χ1v) is 11.9. The van der Waals surface area contributed by atoms with E-state index < -0.39 is 10.0 Å². The monoisotopic (exact) mass is 466 g/mol. The normalized spacial score (nSPS) is 12.1. The minimum Gasteiger partial charge on any atom is -0.497 e. The Morgan fingerprint density at radius 3 is 2.06 bits per heavy atom. The average Bonchev–Trinajstić information content (AvgIpc) is 2.83. The lowest BCUT2D eigenvalue weighted by atomic mass is 9.98. The number of benzene rings is 3. The van der Waals surface area contributed by atoms with Crippen molar-refractivity contribution in [3.8, 4) is 5.75 Å². The molecule has 0 aliphatic rings. The number of rotatable bonds is 10. The summed E-state index contributed by atoms with van der Waals surface area (Å²) in [5, 5.41) is 2.98. The number of hydrogen-bond donors (Lipinski definition) is 2. The van der Waals surface area contributed by atoms with Crippen molar-refractivity contribution in [3.63, 3.8) is 0 Å². The number of nitrogens with one attached hydrogen (secondary N) is 2. The molecule has 33 heavy (non-hydrogen) atoms. The summed E-state index contributed by atoms with van der Waals surface area (Å²) in [6.07, 6.45) is -0.0375. The molecule has 3 rings (SSSR count). The van der Waals surface area contributed by atoms with Gasteiger partial charge in [0, 0.05) is 18.5 Å². The lowest BCUT2D eigenvalue weighted by Crippen LogP contribution is -2.33. The van der Waals surface area contributed by atoms with E-state index >= 15 is 0 Å². The van der Waals surface area contributed by atoms with Crippen LogP contribution in [0.4, 0.5) is 0 Å². The average molecular weight is 467 g/mol. The van der Waals surface area contributed by atoms with Gasteiger partial charge in [-0.15, -0.1) is 0 Å². The van der Waals surface area contributed by atoms with Crippen LogP contribution in [0.2, 0.25) is 0 Å². The number of carbonyl (C=O) groups is 2. The van der Waals surface area contributed by atoms with Crippen LogP contribution in [-0.4, -0.2) is 33.8 Å². The maximum Gasteiger partial charge on any atom is 0.240 e. The summed E-state index contributed by atoms with van der Waals surface area (Å²) >= 11 is 0. The fourth-order valence-electron chi connectivity index (χ4n) is 3.29. The summed E-state index contributed by atoms with van der Waals surface area (Å²) in [4.78, 5) is 24.1. The van der Waals surface area contributed by atoms with Gasteiger partial charge in [0.1, 0.15) is 5.75 Å². The van der Waals surface area contributed by atoms with Crippen LogP contribution in [0.25, 0.3) is 0 Å². The fourth-order valence-corrected chi connectivity index (χ4v) is 4.32. The molecule has 0 saturated carbocycles. The van der Waals surface area contributed by atoms with E-state index in [1.54, 1.807) is 7.11 Å². The van der Waals surface area contributed by atoms with Crippen LogP contribution in [0.1, 0.15) is 40.9 Å². The predicted octanol–water partition coefficient (Wildman–Crippen LogP) is 3.47. The van der Waals surface area contributed by atoms with E-state index in [0.29, 0.717) is 11.3 Å². The SMILES string of the molecule is COc1ccc([C@@H](NC(=O)CCNS(=O)(=O)c2ccc(C(C)=O)cc2)c2ccccc2)cc1. The molecule has 0 unspecified atom stereocenters. The molecule has 0 fully saturated rings. The molecule has 3 aromatic rings. The first-order chi connectivity index (χ1) is 15.8. The molecule has 1 atom stereocenters. The first kappa shape index (κ1) is 24.2. The number of ether oxygens (including phenoxy) is 1. The van der Waals surface area contributed by atoms with E-state index in [2.05, 4.69) is 10.0 Å². The first-order valence-electron chi connectivity index (χ1n) is 10.4. The van der Waals surface area contributed by atoms with Gasteiger partial charge in [0.15, 0.2) is 5.78 Å². The van der Waals surface area contributed by atoms with Crippen LogP contribution in [0.3, 0.4) is 0 Å². The van der Waals surface area contributed by atoms with E-state index in [9.17, 15) is 18.0 Å². The van der Waals surface area contributed by atoms with Gasteiger partial charge in [0.2, 0.25) is 15.9 Å². The van der Waals surface area contributed by atoms with Crippen molar-refractivity contribution < 1.29 is 22.7 Å². The highest BCUT2D eigenvalue weighted by Crippen LogP contribution is 2.24. The summed E-state index contributed by atoms with van der Waals surface area (Å²) in [5.74, 6) is 0.269. The maximum atomic E-state index is 12.7. The second-order valence-corrected chi connectivity index (χ2v) is 9.18. The molecular formula is C25H26N2O5S. The fraction of sp³-hybridized carbons (Fsp3) is 0.200. The zero-order valence-corrected chi connectivity index (χ0v) is 19.3. The second-order valence-electron chi connectivity index (χ2n) is 7.41. The zero-order chi connectivity index (χ0) is 23.8. The third-order valence-electron chi connectivity index (χ3n) is 5.10. The Bertz CT molecular complexity index is 1190. The molecule has 7 nitrogen and oxygen atoms in total. The quantitative estimate of drug-likeness (QED) is 0.446. The largest absolute Gasteiger partial charge is 0.497 e. The summed E-state index contributed by atoms with van der Waals surface area (Å²) in [6, 6.07) is 22.2. The Kier molecular flexibility index (Phi) is 7.97. The van der Waals surface area contributed by atoms with Crippen molar-refractivity contribution in [2.45, 2.75) is 24.3 Å². The number of Topliss-reactive ketones (excluding diaryl/α,β-unsaturated/α-hetero) is 1. The minimum atomic E-state index is -3.79. The van der Waals surface area contributed by atoms with Crippen molar-refractivity contribution in [1.29, 1.82) is 0 Å². The van der Waals surface area contributed by atoms with E-state index in [4.69, 9.17) is 4.74 Å². The minimum absolute atomic E-state index is 0.0355. The highest BCUT2D eigenvalue weighted by molar-refractivity contribution is 7.89. The van der Waals surface area contributed by atoms with Crippen molar-refractivity contribution in [2.24, 2.45) is 0 Å². The van der Waals surface area contributed by atoms with E-state index in [1.807, 2.05) is 54.6 Å². The number of carbonyl (C=O) groups excluding carboxylic acids is 2. The van der Waals surface area contributed by atoms with E-state index in [0.717, 1.165) is 11.1 Å². The van der Waals surface area contributed by atoms with Gasteiger partial charge in [-0.3, -0.25) is 9.59 Å². The van der Waals surface area contributed by atoms with Crippen molar-refractivity contribution >= 4 is 21.7 Å². The lowest BCUT2D eigenvalue weighted by molar-refractivity contribution is -0.121. The van der Waals surface area contributed by atoms with Gasteiger partial charge in [-0.1, -0.05) is 54.6 Å². The molecule has 0 radical (unpaired) electrons. The van der Waals surface area contributed by atoms with Gasteiger partial charge in [-0.05, 0) is 42.3 Å². The summed E-state index contributed by atoms with van der Waals surface area (Å²) in [6.45, 7) is 1.35. The Morgan fingerprint density at radius 1 is 0.879 bits per heavy atom. The molecule has 2 N–H and O–H groups in total. The highest BCUT2D eigenvalue weighted by atomic mass is 32.2. The number of ketones is 1. The Labute approximate surface area is 193 Å². The second kappa shape index (κ2) is 10.9. The van der Waals surface area contributed by atoms with Gasteiger partial charge < -0.3 is 10.1 Å². The van der Waals surface area contributed by atoms with Crippen LogP contribution < -0.4 is 14.8 Å². The zero-order valence-electron chi connectivity index (χ0n) is 18.4. The van der Waals surface area contributed by atoms with Crippen LogP contribution in [-0.2, 0) is 14.8 Å². The molecule has 1 amide bonds. The van der Waals surface area contributed by atoms with E-state index in [-0.39, 0.29) is 35.6 Å². The Hall–Kier alpha value is -3.49. The van der Waals surface area contributed by atoms with Gasteiger partial charge in [0.25, 0.3) is 0 Å². The molecular weight excluding hydrogens is 440 g/mol. The van der Waals surface area contributed by atoms with Gasteiger partial charge in [-0.25, -0.2) is 13.1 Å². The van der Waals surface area contributed by atoms with Crippen molar-refractivity contribution in [2.75, 3.05) is 13.7 Å². The van der Waals surface area contributed by atoms with E-state index in [1.165, 1.54) is 31.2 Å². The molecule has 0 spiro atoms. The lowest BCUT2D eigenvalue weighted by Gasteiger charge is -2.20. The van der Waals surface area contributed by atoms with Gasteiger partial charge in [0.05, 0.1) is 18.0 Å². The number of hydrogen-bond acceptors (Lipinski definition) is 5. The van der Waals surface area contributed by atoms with Crippen molar-refractivity contribution in [3.05, 3.63) is 95.6 Å². The number of sulfonamides is 1. The third-order valence-corrected chi connectivity index (χ3v) is 6.58. The smallest absolute Gasteiger partial charge is 0.240 e. The molecule has 172 valence electrons. The molecule has 0 heterocycles. The molecule has 3 aromatic carbocycles. The molecule has 8 heteroatoms. The highest BCUT2D eigenvalue weighted by Gasteiger charge is 2.18. The van der Waals surface area contributed by atoms with Gasteiger partial charge in [-0.2, -0.15) is 0 Å². The summed E-state index contributed by atoms with van der Waals surface area (Å²) < 4.78 is 32.6. The van der Waals surface area contributed by atoms with Gasteiger partial charge >= 0.3 is 0 Å². The Balaban J connectivity index is 1.64. The van der Waals surface area contributed by atoms with Crippen molar-refractivity contribution in [1.82, 2.24) is 10.0 Å². The Morgan fingerprint density at radius 2 is 1.48 bits per heavy atom. The van der Waals surface area contributed by atoms with Crippen LogP contribution >= 0.6 is 0 Å². The van der Waals surface area contributed by atoms with Crippen LogP contribution in [0.15, 0.2) is 83.8 Å². The van der Waals surface area contributed by atoms with Crippen LogP contribution in [0, 0.1) is 0 Å².